The van der Waals surface area contributed by atoms with E-state index in [-0.39, 0.29) is 29.3 Å². The van der Waals surface area contributed by atoms with Crippen molar-refractivity contribution in [2.75, 3.05) is 39.0 Å². The van der Waals surface area contributed by atoms with E-state index in [1.165, 1.54) is 4.40 Å². The molecule has 168 valence electrons. The van der Waals surface area contributed by atoms with E-state index in [9.17, 15) is 18.0 Å². The maximum atomic E-state index is 13.1. The van der Waals surface area contributed by atoms with Crippen LogP contribution in [-0.4, -0.2) is 78.5 Å². The van der Waals surface area contributed by atoms with E-state index >= 15 is 0 Å². The Morgan fingerprint density at radius 1 is 1.03 bits per heavy atom. The number of pyridine rings is 1. The predicted molar refractivity (Wildman–Crippen MR) is 118 cm³/mol. The fourth-order valence-corrected chi connectivity index (χ4v) is 4.40. The molecule has 1 aliphatic rings. The van der Waals surface area contributed by atoms with E-state index in [0.717, 1.165) is 6.26 Å². The Morgan fingerprint density at radius 3 is 2.34 bits per heavy atom. The Labute approximate surface area is 190 Å². The second-order valence-corrected chi connectivity index (χ2v) is 9.73. The van der Waals surface area contributed by atoms with Crippen molar-refractivity contribution >= 4 is 38.8 Å². The third kappa shape index (κ3) is 4.56. The molecule has 1 saturated heterocycles. The molecule has 0 radical (unpaired) electrons. The minimum atomic E-state index is -3.62. The number of hydrogen-bond acceptors (Lipinski definition) is 6. The van der Waals surface area contributed by atoms with E-state index in [2.05, 4.69) is 4.98 Å². The van der Waals surface area contributed by atoms with Crippen LogP contribution in [0.1, 0.15) is 10.5 Å². The first-order valence-electron chi connectivity index (χ1n) is 9.86. The summed E-state index contributed by atoms with van der Waals surface area (Å²) in [6.07, 6.45) is 2.62. The normalized spacial score (nSPS) is 14.6. The SMILES string of the molecule is CS(=O)(=O)c1nc(C(=O)N2CCN(C(=O)COc3ccc(Cl)cc3)CC2)c2ccccn12. The Bertz CT molecular complexity index is 1270. The van der Waals surface area contributed by atoms with Crippen LogP contribution in [0.3, 0.4) is 0 Å². The Hall–Kier alpha value is -3.11. The average Bonchev–Trinajstić information content (AvgIpc) is 3.18. The molecule has 1 aliphatic heterocycles. The number of rotatable bonds is 5. The van der Waals surface area contributed by atoms with Gasteiger partial charge in [-0.15, -0.1) is 0 Å². The van der Waals surface area contributed by atoms with Crippen molar-refractivity contribution in [2.45, 2.75) is 5.16 Å². The largest absolute Gasteiger partial charge is 0.484 e. The lowest BCUT2D eigenvalue weighted by Crippen LogP contribution is -2.51. The molecule has 1 fully saturated rings. The van der Waals surface area contributed by atoms with E-state index < -0.39 is 9.84 Å². The number of ether oxygens (including phenoxy) is 1. The first-order chi connectivity index (χ1) is 15.2. The van der Waals surface area contributed by atoms with Crippen LogP contribution in [0.2, 0.25) is 5.02 Å². The van der Waals surface area contributed by atoms with Crippen molar-refractivity contribution in [3.8, 4) is 5.75 Å². The highest BCUT2D eigenvalue weighted by molar-refractivity contribution is 7.90. The zero-order valence-corrected chi connectivity index (χ0v) is 18.8. The van der Waals surface area contributed by atoms with Crippen molar-refractivity contribution in [3.05, 3.63) is 59.4 Å². The van der Waals surface area contributed by atoms with Gasteiger partial charge in [0.2, 0.25) is 15.0 Å². The molecule has 0 bridgehead atoms. The number of sulfone groups is 1. The molecule has 1 aromatic carbocycles. The summed E-state index contributed by atoms with van der Waals surface area (Å²) in [5.74, 6) is -0.00290. The minimum absolute atomic E-state index is 0.0804. The fourth-order valence-electron chi connectivity index (χ4n) is 3.50. The van der Waals surface area contributed by atoms with E-state index in [1.807, 2.05) is 0 Å². The number of imidazole rings is 1. The summed E-state index contributed by atoms with van der Waals surface area (Å²) >= 11 is 5.84. The lowest BCUT2D eigenvalue weighted by Gasteiger charge is -2.34. The third-order valence-corrected chi connectivity index (χ3v) is 6.35. The van der Waals surface area contributed by atoms with Gasteiger partial charge in [0.25, 0.3) is 11.8 Å². The molecule has 0 atom stereocenters. The summed E-state index contributed by atoms with van der Waals surface area (Å²) in [7, 11) is -3.62. The molecule has 3 heterocycles. The van der Waals surface area contributed by atoms with Crippen molar-refractivity contribution in [3.63, 3.8) is 0 Å². The molecule has 2 aromatic heterocycles. The van der Waals surface area contributed by atoms with E-state index in [4.69, 9.17) is 16.3 Å². The molecule has 2 amide bonds. The maximum Gasteiger partial charge on any atom is 0.274 e. The summed E-state index contributed by atoms with van der Waals surface area (Å²) in [4.78, 5) is 32.9. The number of amides is 2. The standard InChI is InChI=1S/C21H21ClN4O5S/c1-32(29,30)21-23-19(17-4-2-3-9-26(17)21)20(28)25-12-10-24(11-13-25)18(27)14-31-16-7-5-15(22)6-8-16/h2-9H,10-14H2,1H3. The monoisotopic (exact) mass is 476 g/mol. The molecular weight excluding hydrogens is 456 g/mol. The van der Waals surface area contributed by atoms with Gasteiger partial charge in [0.05, 0.1) is 5.52 Å². The molecule has 0 spiro atoms. The van der Waals surface area contributed by atoms with Gasteiger partial charge in [0.15, 0.2) is 12.3 Å². The van der Waals surface area contributed by atoms with Gasteiger partial charge in [-0.05, 0) is 36.4 Å². The smallest absolute Gasteiger partial charge is 0.274 e. The van der Waals surface area contributed by atoms with Crippen LogP contribution in [0.4, 0.5) is 0 Å². The van der Waals surface area contributed by atoms with Crippen molar-refractivity contribution in [2.24, 2.45) is 0 Å². The average molecular weight is 477 g/mol. The van der Waals surface area contributed by atoms with Gasteiger partial charge in [-0.25, -0.2) is 13.4 Å². The fraction of sp³-hybridized carbons (Fsp3) is 0.286. The molecule has 9 nitrogen and oxygen atoms in total. The first-order valence-corrected chi connectivity index (χ1v) is 12.1. The van der Waals surface area contributed by atoms with Crippen LogP contribution in [0.25, 0.3) is 5.52 Å². The number of halogens is 1. The topological polar surface area (TPSA) is 101 Å². The Balaban J connectivity index is 1.41. The van der Waals surface area contributed by atoms with Crippen LogP contribution in [-0.2, 0) is 14.6 Å². The van der Waals surface area contributed by atoms with Crippen LogP contribution in [0.5, 0.6) is 5.75 Å². The number of carbonyl (C=O) groups excluding carboxylic acids is 2. The predicted octanol–water partition coefficient (Wildman–Crippen LogP) is 1.75. The van der Waals surface area contributed by atoms with Crippen molar-refractivity contribution in [1.29, 1.82) is 0 Å². The number of aromatic nitrogens is 2. The Kier molecular flexibility index (Phi) is 6.07. The second-order valence-electron chi connectivity index (χ2n) is 7.39. The summed E-state index contributed by atoms with van der Waals surface area (Å²) < 4.78 is 31.1. The van der Waals surface area contributed by atoms with Crippen LogP contribution in [0, 0.1) is 0 Å². The lowest BCUT2D eigenvalue weighted by molar-refractivity contribution is -0.134. The highest BCUT2D eigenvalue weighted by Crippen LogP contribution is 2.20. The lowest BCUT2D eigenvalue weighted by atomic mass is 10.2. The van der Waals surface area contributed by atoms with Gasteiger partial charge in [0.1, 0.15) is 5.75 Å². The highest BCUT2D eigenvalue weighted by Gasteiger charge is 2.29. The zero-order valence-electron chi connectivity index (χ0n) is 17.3. The van der Waals surface area contributed by atoms with Gasteiger partial charge >= 0.3 is 0 Å². The molecular formula is C21H21ClN4O5S. The summed E-state index contributed by atoms with van der Waals surface area (Å²) in [5, 5.41) is 0.406. The van der Waals surface area contributed by atoms with Gasteiger partial charge in [0, 0.05) is 43.7 Å². The quantitative estimate of drug-likeness (QED) is 0.556. The Morgan fingerprint density at radius 2 is 1.69 bits per heavy atom. The molecule has 0 N–H and O–H groups in total. The number of fused-ring (bicyclic) bond motifs is 1. The highest BCUT2D eigenvalue weighted by atomic mass is 35.5. The first kappa shape index (κ1) is 22.1. The molecule has 3 aromatic rings. The van der Waals surface area contributed by atoms with Crippen LogP contribution >= 0.6 is 11.6 Å². The van der Waals surface area contributed by atoms with Crippen molar-refractivity contribution in [1.82, 2.24) is 19.2 Å². The molecule has 32 heavy (non-hydrogen) atoms. The number of nitrogens with zero attached hydrogens (tertiary/aromatic N) is 4. The van der Waals surface area contributed by atoms with Gasteiger partial charge in [-0.1, -0.05) is 17.7 Å². The third-order valence-electron chi connectivity index (χ3n) is 5.15. The summed E-state index contributed by atoms with van der Waals surface area (Å²) in [6.45, 7) is 1.20. The molecule has 0 aliphatic carbocycles. The van der Waals surface area contributed by atoms with Crippen molar-refractivity contribution < 1.29 is 22.7 Å². The molecule has 11 heteroatoms. The molecule has 4 rings (SSSR count). The number of piperazine rings is 1. The minimum Gasteiger partial charge on any atom is -0.484 e. The van der Waals surface area contributed by atoms with Crippen LogP contribution in [0.15, 0.2) is 53.8 Å². The second kappa shape index (κ2) is 8.79. The maximum absolute atomic E-state index is 13.1. The number of hydrogen-bond donors (Lipinski definition) is 0. The molecule has 0 saturated carbocycles. The summed E-state index contributed by atoms with van der Waals surface area (Å²) in [5.41, 5.74) is 0.504. The number of benzene rings is 1. The molecule has 0 unspecified atom stereocenters. The van der Waals surface area contributed by atoms with Gasteiger partial charge in [-0.3, -0.25) is 14.0 Å². The van der Waals surface area contributed by atoms with Crippen LogP contribution < -0.4 is 4.74 Å². The van der Waals surface area contributed by atoms with E-state index in [1.54, 1.807) is 58.5 Å². The van der Waals surface area contributed by atoms with Gasteiger partial charge < -0.3 is 14.5 Å². The number of carbonyl (C=O) groups is 2. The summed E-state index contributed by atoms with van der Waals surface area (Å²) in [6, 6.07) is 11.8. The van der Waals surface area contributed by atoms with Gasteiger partial charge in [-0.2, -0.15) is 0 Å². The van der Waals surface area contributed by atoms with E-state index in [0.29, 0.717) is 42.5 Å². The zero-order chi connectivity index (χ0) is 22.9.